The number of nitrogens with zero attached hydrogens (tertiary/aromatic N) is 2. The maximum Gasteiger partial charge on any atom is 0.252 e. The van der Waals surface area contributed by atoms with Crippen molar-refractivity contribution in [1.82, 2.24) is 9.80 Å². The van der Waals surface area contributed by atoms with E-state index in [9.17, 15) is 9.59 Å². The average molecular weight is 383 g/mol. The Morgan fingerprint density at radius 2 is 1.77 bits per heavy atom. The van der Waals surface area contributed by atoms with E-state index >= 15 is 0 Å². The van der Waals surface area contributed by atoms with Gasteiger partial charge < -0.3 is 14.5 Å². The fraction of sp³-hybridized carbons (Fsp3) is 0.900. The Balaban J connectivity index is 1.50. The second kappa shape index (κ2) is 7.31. The van der Waals surface area contributed by atoms with Crippen molar-refractivity contribution in [1.29, 1.82) is 0 Å². The molecule has 0 aromatic carbocycles. The molecular weight excluding hydrogens is 352 g/mol. The van der Waals surface area contributed by atoms with Gasteiger partial charge in [-0.15, -0.1) is 11.6 Å². The number of halogens is 1. The molecule has 2 aliphatic heterocycles. The molecule has 0 aromatic heterocycles. The highest BCUT2D eigenvalue weighted by Gasteiger charge is 2.48. The smallest absolute Gasteiger partial charge is 0.252 e. The number of fused-ring (bicyclic) bond motifs is 2. The van der Waals surface area contributed by atoms with E-state index in [4.69, 9.17) is 16.3 Å². The number of rotatable bonds is 1. The van der Waals surface area contributed by atoms with Gasteiger partial charge in [-0.3, -0.25) is 9.59 Å². The third kappa shape index (κ3) is 3.26. The first-order valence-electron chi connectivity index (χ1n) is 10.3. The Hall–Kier alpha value is -0.810. The van der Waals surface area contributed by atoms with Gasteiger partial charge in [-0.05, 0) is 51.4 Å². The van der Waals surface area contributed by atoms with E-state index in [1.807, 2.05) is 4.90 Å². The van der Waals surface area contributed by atoms with Crippen molar-refractivity contribution >= 4 is 23.4 Å². The Kier molecular flexibility index (Phi) is 5.21. The first-order chi connectivity index (χ1) is 12.5. The van der Waals surface area contributed by atoms with Crippen LogP contribution in [0.4, 0.5) is 0 Å². The SMILES string of the molecule is CC(=O)N1C2CCCCC2N(C(=O)C2CC3CC(Cl)CCC3O2)C[C@@H]1C. The maximum atomic E-state index is 13.4. The lowest BCUT2D eigenvalue weighted by atomic mass is 9.83. The van der Waals surface area contributed by atoms with E-state index in [2.05, 4.69) is 11.8 Å². The fourth-order valence-electron chi connectivity index (χ4n) is 5.90. The van der Waals surface area contributed by atoms with Crippen LogP contribution in [0.5, 0.6) is 0 Å². The fourth-order valence-corrected chi connectivity index (χ4v) is 6.26. The molecule has 2 aliphatic carbocycles. The van der Waals surface area contributed by atoms with Gasteiger partial charge in [0, 0.05) is 24.9 Å². The van der Waals surface area contributed by atoms with Crippen molar-refractivity contribution in [3.63, 3.8) is 0 Å². The standard InChI is InChI=1S/C20H31ClN2O3/c1-12-11-22(16-5-3-4-6-17(16)23(12)13(2)24)20(25)19-10-14-9-15(21)7-8-18(14)26-19/h12,14-19H,3-11H2,1-2H3/t12-,14?,15?,16?,17?,18?,19?/m0/s1. The van der Waals surface area contributed by atoms with Crippen LogP contribution < -0.4 is 0 Å². The van der Waals surface area contributed by atoms with Crippen LogP contribution in [0.15, 0.2) is 0 Å². The van der Waals surface area contributed by atoms with Crippen LogP contribution in [0, 0.1) is 5.92 Å². The molecule has 6 unspecified atom stereocenters. The summed E-state index contributed by atoms with van der Waals surface area (Å²) < 4.78 is 6.19. The van der Waals surface area contributed by atoms with Crippen LogP contribution in [-0.2, 0) is 14.3 Å². The van der Waals surface area contributed by atoms with E-state index in [0.717, 1.165) is 51.4 Å². The van der Waals surface area contributed by atoms with Crippen LogP contribution in [0.3, 0.4) is 0 Å². The molecule has 7 atom stereocenters. The molecule has 2 heterocycles. The lowest BCUT2D eigenvalue weighted by Crippen LogP contribution is -2.67. The largest absolute Gasteiger partial charge is 0.365 e. The molecular formula is C20H31ClN2O3. The number of alkyl halides is 1. The number of hydrogen-bond acceptors (Lipinski definition) is 3. The lowest BCUT2D eigenvalue weighted by Gasteiger charge is -2.53. The molecule has 2 amide bonds. The van der Waals surface area contributed by atoms with E-state index in [1.165, 1.54) is 0 Å². The zero-order chi connectivity index (χ0) is 18.4. The summed E-state index contributed by atoms with van der Waals surface area (Å²) in [6.07, 6.45) is 7.91. The molecule has 2 saturated heterocycles. The van der Waals surface area contributed by atoms with Crippen molar-refractivity contribution in [3.05, 3.63) is 0 Å². The van der Waals surface area contributed by atoms with Crippen LogP contribution in [-0.4, -0.2) is 63.9 Å². The molecule has 6 heteroatoms. The van der Waals surface area contributed by atoms with Gasteiger partial charge in [0.15, 0.2) is 0 Å². The third-order valence-electron chi connectivity index (χ3n) is 7.01. The summed E-state index contributed by atoms with van der Waals surface area (Å²) in [6.45, 7) is 4.36. The summed E-state index contributed by atoms with van der Waals surface area (Å²) in [6, 6.07) is 0.403. The van der Waals surface area contributed by atoms with Crippen molar-refractivity contribution in [2.45, 2.75) is 101 Å². The van der Waals surface area contributed by atoms with Crippen molar-refractivity contribution in [2.75, 3.05) is 6.54 Å². The van der Waals surface area contributed by atoms with Gasteiger partial charge in [0.2, 0.25) is 5.91 Å². The van der Waals surface area contributed by atoms with E-state index < -0.39 is 0 Å². The molecule has 4 rings (SSSR count). The highest BCUT2D eigenvalue weighted by Crippen LogP contribution is 2.41. The molecule has 4 aliphatic rings. The maximum absolute atomic E-state index is 13.4. The Labute approximate surface area is 161 Å². The van der Waals surface area contributed by atoms with Crippen LogP contribution >= 0.6 is 11.6 Å². The van der Waals surface area contributed by atoms with E-state index in [-0.39, 0.29) is 47.5 Å². The molecule has 0 N–H and O–H groups in total. The third-order valence-corrected chi connectivity index (χ3v) is 7.41. The Bertz CT molecular complexity index is 571. The first kappa shape index (κ1) is 18.5. The number of carbonyl (C=O) groups excluding carboxylic acids is 2. The van der Waals surface area contributed by atoms with Crippen molar-refractivity contribution < 1.29 is 14.3 Å². The minimum atomic E-state index is -0.314. The molecule has 5 nitrogen and oxygen atoms in total. The number of hydrogen-bond donors (Lipinski definition) is 0. The van der Waals surface area contributed by atoms with Crippen molar-refractivity contribution in [3.8, 4) is 0 Å². The van der Waals surface area contributed by atoms with Gasteiger partial charge in [0.25, 0.3) is 5.91 Å². The number of piperazine rings is 1. The molecule has 0 spiro atoms. The molecule has 0 bridgehead atoms. The minimum Gasteiger partial charge on any atom is -0.365 e. The second-order valence-corrected chi connectivity index (χ2v) is 9.37. The van der Waals surface area contributed by atoms with Crippen molar-refractivity contribution in [2.24, 2.45) is 5.92 Å². The van der Waals surface area contributed by atoms with E-state index in [1.54, 1.807) is 6.92 Å². The molecule has 26 heavy (non-hydrogen) atoms. The molecule has 146 valence electrons. The lowest BCUT2D eigenvalue weighted by molar-refractivity contribution is -0.160. The quantitative estimate of drug-likeness (QED) is 0.655. The summed E-state index contributed by atoms with van der Waals surface area (Å²) >= 11 is 6.33. The highest BCUT2D eigenvalue weighted by molar-refractivity contribution is 6.20. The zero-order valence-electron chi connectivity index (χ0n) is 15.9. The summed E-state index contributed by atoms with van der Waals surface area (Å²) in [5, 5.41) is 0.232. The molecule has 4 fully saturated rings. The van der Waals surface area contributed by atoms with Gasteiger partial charge in [0.1, 0.15) is 6.10 Å². The number of carbonyl (C=O) groups is 2. The van der Waals surface area contributed by atoms with Gasteiger partial charge in [-0.1, -0.05) is 12.8 Å². The highest BCUT2D eigenvalue weighted by atomic mass is 35.5. The summed E-state index contributed by atoms with van der Waals surface area (Å²) in [5.41, 5.74) is 0. The molecule has 0 radical (unpaired) electrons. The summed E-state index contributed by atoms with van der Waals surface area (Å²) in [7, 11) is 0. The normalized spacial score (nSPS) is 43.0. The average Bonchev–Trinajstić information content (AvgIpc) is 3.03. The predicted molar refractivity (Wildman–Crippen MR) is 100.0 cm³/mol. The number of amides is 2. The van der Waals surface area contributed by atoms with Crippen LogP contribution in [0.1, 0.15) is 65.2 Å². The van der Waals surface area contributed by atoms with Gasteiger partial charge in [0.05, 0.1) is 18.2 Å². The van der Waals surface area contributed by atoms with Crippen LogP contribution in [0.25, 0.3) is 0 Å². The van der Waals surface area contributed by atoms with Crippen LogP contribution in [0.2, 0.25) is 0 Å². The summed E-state index contributed by atoms with van der Waals surface area (Å²) in [4.78, 5) is 29.6. The molecule has 0 aromatic rings. The van der Waals surface area contributed by atoms with Gasteiger partial charge in [-0.25, -0.2) is 0 Å². The molecule has 2 saturated carbocycles. The second-order valence-electron chi connectivity index (χ2n) is 8.75. The Morgan fingerprint density at radius 3 is 2.50 bits per heavy atom. The predicted octanol–water partition coefficient (Wildman–Crippen LogP) is 2.94. The monoisotopic (exact) mass is 382 g/mol. The van der Waals surface area contributed by atoms with E-state index in [0.29, 0.717) is 12.5 Å². The topological polar surface area (TPSA) is 49.9 Å². The zero-order valence-corrected chi connectivity index (χ0v) is 16.7. The first-order valence-corrected chi connectivity index (χ1v) is 10.8. The summed E-state index contributed by atoms with van der Waals surface area (Å²) in [5.74, 6) is 0.716. The number of ether oxygens (including phenoxy) is 1. The minimum absolute atomic E-state index is 0.0757. The van der Waals surface area contributed by atoms with Gasteiger partial charge >= 0.3 is 0 Å². The van der Waals surface area contributed by atoms with Gasteiger partial charge in [-0.2, -0.15) is 0 Å². The Morgan fingerprint density at radius 1 is 1.04 bits per heavy atom.